The maximum Gasteiger partial charge on any atom is 0.303 e. The van der Waals surface area contributed by atoms with E-state index in [-0.39, 0.29) is 12.3 Å². The molecule has 0 aliphatic heterocycles. The van der Waals surface area contributed by atoms with Crippen molar-refractivity contribution in [2.45, 2.75) is 19.3 Å². The lowest BCUT2D eigenvalue weighted by molar-refractivity contribution is -0.137. The highest BCUT2D eigenvalue weighted by molar-refractivity contribution is 6.19. The molecule has 0 heterocycles. The number of aliphatic carboxylic acids is 1. The van der Waals surface area contributed by atoms with Gasteiger partial charge in [0, 0.05) is 52.7 Å². The number of rotatable bonds is 11. The Balaban J connectivity index is 1.33. The molecule has 0 atom stereocenters. The monoisotopic (exact) mass is 618 g/mol. The zero-order chi connectivity index (χ0) is 32.8. The van der Waals surface area contributed by atoms with Gasteiger partial charge in [0.25, 0.3) is 5.91 Å². The highest BCUT2D eigenvalue weighted by atomic mass is 16.4. The molecular weight excluding hydrogens is 584 g/mol. The van der Waals surface area contributed by atoms with Gasteiger partial charge in [-0.25, -0.2) is 0 Å². The molecule has 0 radical (unpaired) electrons. The number of carbonyl (C=O) groups excluding carboxylic acids is 2. The molecule has 1 amide bonds. The van der Waals surface area contributed by atoms with Crippen molar-refractivity contribution in [3.63, 3.8) is 0 Å². The van der Waals surface area contributed by atoms with E-state index in [9.17, 15) is 14.4 Å². The van der Waals surface area contributed by atoms with Crippen molar-refractivity contribution in [3.05, 3.63) is 156 Å². The predicted molar refractivity (Wildman–Crippen MR) is 189 cm³/mol. The standard InChI is InChI=1S/C41H34N2O4/c1-42(32-23-18-29(19-24-32)10-8-17-39(45)46)41(47)38-16-9-15-37-36(27-22-31(28-44)40(37)38)30-20-25-35(26-21-30)43(33-11-4-2-5-12-33)34-13-6-3-7-14-34/h2-7,9,11-16,18-28H,8,10,17H2,1H3,(H,45,46). The number of carbonyl (C=O) groups is 3. The first-order chi connectivity index (χ1) is 22.9. The summed E-state index contributed by atoms with van der Waals surface area (Å²) in [5.74, 6) is -1.04. The Hall–Kier alpha value is -6.01. The van der Waals surface area contributed by atoms with Gasteiger partial charge in [0.1, 0.15) is 0 Å². The third kappa shape index (κ3) is 6.67. The zero-order valence-electron chi connectivity index (χ0n) is 26.0. The summed E-state index contributed by atoms with van der Waals surface area (Å²) in [6.07, 6.45) is 2.12. The van der Waals surface area contributed by atoms with Crippen LogP contribution in [0.25, 0.3) is 21.9 Å². The number of benzene rings is 6. The van der Waals surface area contributed by atoms with E-state index in [1.54, 1.807) is 24.1 Å². The number of amides is 1. The molecule has 0 saturated carbocycles. The van der Waals surface area contributed by atoms with Crippen LogP contribution >= 0.6 is 0 Å². The van der Waals surface area contributed by atoms with Crippen molar-refractivity contribution in [2.24, 2.45) is 0 Å². The van der Waals surface area contributed by atoms with Crippen molar-refractivity contribution >= 4 is 51.7 Å². The second-order valence-electron chi connectivity index (χ2n) is 11.4. The number of carboxylic acid groups (broad SMARTS) is 1. The number of aldehydes is 1. The predicted octanol–water partition coefficient (Wildman–Crippen LogP) is 9.47. The van der Waals surface area contributed by atoms with Crippen LogP contribution in [0.1, 0.15) is 39.1 Å². The van der Waals surface area contributed by atoms with Crippen LogP contribution in [0.3, 0.4) is 0 Å². The molecule has 47 heavy (non-hydrogen) atoms. The van der Waals surface area contributed by atoms with Gasteiger partial charge in [-0.2, -0.15) is 0 Å². The smallest absolute Gasteiger partial charge is 0.303 e. The van der Waals surface area contributed by atoms with E-state index in [4.69, 9.17) is 5.11 Å². The number of fused-ring (bicyclic) bond motifs is 1. The summed E-state index contributed by atoms with van der Waals surface area (Å²) in [6.45, 7) is 0. The first-order valence-corrected chi connectivity index (χ1v) is 15.5. The van der Waals surface area contributed by atoms with E-state index in [0.29, 0.717) is 35.0 Å². The summed E-state index contributed by atoms with van der Waals surface area (Å²) in [4.78, 5) is 40.8. The van der Waals surface area contributed by atoms with E-state index < -0.39 is 5.97 Å². The molecule has 232 valence electrons. The summed E-state index contributed by atoms with van der Waals surface area (Å²) >= 11 is 0. The molecule has 6 heteroatoms. The molecule has 6 aromatic carbocycles. The topological polar surface area (TPSA) is 77.9 Å². The average molecular weight is 619 g/mol. The normalized spacial score (nSPS) is 10.8. The summed E-state index contributed by atoms with van der Waals surface area (Å²) in [5.41, 5.74) is 7.59. The minimum absolute atomic E-state index is 0.117. The largest absolute Gasteiger partial charge is 0.481 e. The van der Waals surface area contributed by atoms with Gasteiger partial charge in [0.15, 0.2) is 6.29 Å². The first kappa shape index (κ1) is 31.0. The van der Waals surface area contributed by atoms with Crippen LogP contribution in [0.2, 0.25) is 0 Å². The van der Waals surface area contributed by atoms with Crippen molar-refractivity contribution < 1.29 is 19.5 Å². The Morgan fingerprint density at radius 3 is 1.85 bits per heavy atom. The van der Waals surface area contributed by atoms with E-state index in [2.05, 4.69) is 53.4 Å². The van der Waals surface area contributed by atoms with Crippen LogP contribution in [-0.2, 0) is 11.2 Å². The van der Waals surface area contributed by atoms with Crippen LogP contribution in [-0.4, -0.2) is 30.3 Å². The van der Waals surface area contributed by atoms with Gasteiger partial charge in [-0.3, -0.25) is 14.4 Å². The lowest BCUT2D eigenvalue weighted by atomic mass is 9.92. The number of carboxylic acids is 1. The Bertz CT molecular complexity index is 1980. The third-order valence-electron chi connectivity index (χ3n) is 8.38. The summed E-state index contributed by atoms with van der Waals surface area (Å²) < 4.78 is 0. The SMILES string of the molecule is CN(C(=O)c1cccc2c(-c3ccc(N(c4ccccc4)c4ccccc4)cc3)ccc(C=O)c12)c1ccc(CCCC(=O)O)cc1. The number of hydrogen-bond acceptors (Lipinski definition) is 4. The number of aryl methyl sites for hydroxylation is 1. The van der Waals surface area contributed by atoms with Crippen molar-refractivity contribution in [1.29, 1.82) is 0 Å². The molecule has 1 N–H and O–H groups in total. The van der Waals surface area contributed by atoms with Crippen LogP contribution in [0.4, 0.5) is 22.7 Å². The van der Waals surface area contributed by atoms with Gasteiger partial charge < -0.3 is 14.9 Å². The molecule has 6 aromatic rings. The molecule has 0 saturated heterocycles. The Kier molecular flexibility index (Phi) is 9.21. The average Bonchev–Trinajstić information content (AvgIpc) is 3.12. The van der Waals surface area contributed by atoms with Crippen LogP contribution < -0.4 is 9.80 Å². The fourth-order valence-electron chi connectivity index (χ4n) is 5.98. The van der Waals surface area contributed by atoms with Gasteiger partial charge in [0.05, 0.1) is 0 Å². The van der Waals surface area contributed by atoms with E-state index >= 15 is 0 Å². The highest BCUT2D eigenvalue weighted by Gasteiger charge is 2.20. The molecule has 0 aromatic heterocycles. The van der Waals surface area contributed by atoms with Crippen molar-refractivity contribution in [3.8, 4) is 11.1 Å². The molecule has 0 unspecified atom stereocenters. The second kappa shape index (κ2) is 14.0. The fraction of sp³-hybridized carbons (Fsp3) is 0.0976. The Morgan fingerprint density at radius 1 is 0.660 bits per heavy atom. The van der Waals surface area contributed by atoms with Gasteiger partial charge in [0.2, 0.25) is 0 Å². The quantitative estimate of drug-likeness (QED) is 0.146. The Morgan fingerprint density at radius 2 is 1.26 bits per heavy atom. The van der Waals surface area contributed by atoms with E-state index in [1.165, 1.54) is 0 Å². The third-order valence-corrected chi connectivity index (χ3v) is 8.38. The van der Waals surface area contributed by atoms with Crippen LogP contribution in [0.5, 0.6) is 0 Å². The van der Waals surface area contributed by atoms with E-state index in [0.717, 1.165) is 45.4 Å². The molecule has 6 nitrogen and oxygen atoms in total. The van der Waals surface area contributed by atoms with Gasteiger partial charge in [-0.1, -0.05) is 84.9 Å². The summed E-state index contributed by atoms with van der Waals surface area (Å²) in [5, 5.41) is 10.3. The molecular formula is C41H34N2O4. The zero-order valence-corrected chi connectivity index (χ0v) is 26.0. The minimum Gasteiger partial charge on any atom is -0.481 e. The maximum absolute atomic E-state index is 13.9. The summed E-state index contributed by atoms with van der Waals surface area (Å²) in [7, 11) is 1.72. The number of anilines is 4. The van der Waals surface area contributed by atoms with Crippen LogP contribution in [0, 0.1) is 0 Å². The summed E-state index contributed by atoms with van der Waals surface area (Å²) in [6, 6.07) is 45.6. The number of para-hydroxylation sites is 2. The van der Waals surface area contributed by atoms with Crippen LogP contribution in [0.15, 0.2) is 140 Å². The van der Waals surface area contributed by atoms with Gasteiger partial charge in [-0.15, -0.1) is 0 Å². The molecule has 0 aliphatic carbocycles. The molecule has 0 spiro atoms. The maximum atomic E-state index is 13.9. The number of nitrogens with zero attached hydrogens (tertiary/aromatic N) is 2. The molecule has 6 rings (SSSR count). The lowest BCUT2D eigenvalue weighted by Crippen LogP contribution is -2.26. The van der Waals surface area contributed by atoms with Crippen molar-refractivity contribution in [2.75, 3.05) is 16.8 Å². The molecule has 0 aliphatic rings. The van der Waals surface area contributed by atoms with Gasteiger partial charge >= 0.3 is 5.97 Å². The second-order valence-corrected chi connectivity index (χ2v) is 11.4. The van der Waals surface area contributed by atoms with Crippen molar-refractivity contribution in [1.82, 2.24) is 0 Å². The minimum atomic E-state index is -0.810. The Labute approximate surface area is 274 Å². The van der Waals surface area contributed by atoms with Gasteiger partial charge in [-0.05, 0) is 89.5 Å². The fourth-order valence-corrected chi connectivity index (χ4v) is 5.98. The highest BCUT2D eigenvalue weighted by Crippen LogP contribution is 2.38. The molecule has 0 fully saturated rings. The van der Waals surface area contributed by atoms with E-state index in [1.807, 2.05) is 78.9 Å². The molecule has 0 bridgehead atoms. The lowest BCUT2D eigenvalue weighted by Gasteiger charge is -2.25. The first-order valence-electron chi connectivity index (χ1n) is 15.5. The number of hydrogen-bond donors (Lipinski definition) is 1.